The lowest BCUT2D eigenvalue weighted by Crippen LogP contribution is -2.15. The molecule has 0 N–H and O–H groups in total. The summed E-state index contributed by atoms with van der Waals surface area (Å²) < 4.78 is 11.8. The summed E-state index contributed by atoms with van der Waals surface area (Å²) in [5.74, 6) is 2.21. The van der Waals surface area contributed by atoms with Crippen molar-refractivity contribution in [2.24, 2.45) is 0 Å². The molecular formula is C28H40O2. The quantitative estimate of drug-likeness (QED) is 0.534. The summed E-state index contributed by atoms with van der Waals surface area (Å²) in [7, 11) is 3.65. The van der Waals surface area contributed by atoms with E-state index in [4.69, 9.17) is 9.47 Å². The fraction of sp³-hybridized carbons (Fsp3) is 0.571. The predicted octanol–water partition coefficient (Wildman–Crippen LogP) is 6.96. The van der Waals surface area contributed by atoms with Crippen molar-refractivity contribution in [3.63, 3.8) is 0 Å². The maximum absolute atomic E-state index is 5.92. The Bertz CT molecular complexity index is 768. The maximum atomic E-state index is 5.92. The molecule has 0 atom stereocenters. The Hall–Kier alpha value is -1.96. The molecule has 2 aromatic carbocycles. The average Bonchev–Trinajstić information content (AvgIpc) is 2.65. The van der Waals surface area contributed by atoms with Crippen LogP contribution in [0.4, 0.5) is 0 Å². The number of benzene rings is 2. The van der Waals surface area contributed by atoms with Crippen molar-refractivity contribution in [1.82, 2.24) is 0 Å². The van der Waals surface area contributed by atoms with E-state index in [1.807, 2.05) is 14.2 Å². The Morgan fingerprint density at radius 3 is 1.00 bits per heavy atom. The second kappa shape index (κ2) is 8.65. The van der Waals surface area contributed by atoms with E-state index < -0.39 is 0 Å². The molecule has 2 aromatic rings. The van der Waals surface area contributed by atoms with Gasteiger partial charge in [0.1, 0.15) is 11.5 Å². The van der Waals surface area contributed by atoms with Gasteiger partial charge >= 0.3 is 0 Å². The first-order valence-electron chi connectivity index (χ1n) is 11.4. The molecule has 2 nitrogen and oxygen atoms in total. The van der Waals surface area contributed by atoms with Crippen LogP contribution in [0.25, 0.3) is 0 Å². The molecule has 0 amide bonds. The molecule has 0 saturated heterocycles. The van der Waals surface area contributed by atoms with E-state index >= 15 is 0 Å². The molecule has 1 aliphatic rings. The normalized spacial score (nSPS) is 15.2. The number of aryl methyl sites for hydroxylation is 4. The maximum Gasteiger partial charge on any atom is 0.125 e. The fourth-order valence-corrected chi connectivity index (χ4v) is 4.58. The van der Waals surface area contributed by atoms with Crippen molar-refractivity contribution in [3.05, 3.63) is 57.6 Å². The molecule has 0 fully saturated rings. The topological polar surface area (TPSA) is 18.5 Å². The largest absolute Gasteiger partial charge is 0.496 e. The second-order valence-electron chi connectivity index (χ2n) is 10.9. The van der Waals surface area contributed by atoms with Gasteiger partial charge in [0.25, 0.3) is 0 Å². The van der Waals surface area contributed by atoms with Gasteiger partial charge in [-0.3, -0.25) is 0 Å². The Labute approximate surface area is 184 Å². The van der Waals surface area contributed by atoms with E-state index in [0.717, 1.165) is 50.0 Å². The minimum atomic E-state index is 0.141. The molecule has 1 aliphatic carbocycles. The summed E-state index contributed by atoms with van der Waals surface area (Å²) in [5.41, 5.74) is 8.52. The van der Waals surface area contributed by atoms with Gasteiger partial charge in [-0.05, 0) is 82.7 Å². The van der Waals surface area contributed by atoms with E-state index in [-0.39, 0.29) is 10.8 Å². The Morgan fingerprint density at radius 2 is 0.800 bits per heavy atom. The van der Waals surface area contributed by atoms with Crippen LogP contribution in [0.15, 0.2) is 24.3 Å². The summed E-state index contributed by atoms with van der Waals surface area (Å²) in [6, 6.07) is 9.51. The highest BCUT2D eigenvalue weighted by Gasteiger charge is 2.22. The highest BCUT2D eigenvalue weighted by atomic mass is 16.5. The molecule has 0 saturated carbocycles. The van der Waals surface area contributed by atoms with Crippen molar-refractivity contribution in [2.75, 3.05) is 14.2 Å². The Kier molecular flexibility index (Phi) is 6.55. The van der Waals surface area contributed by atoms with Crippen LogP contribution in [0.2, 0.25) is 0 Å². The smallest absolute Gasteiger partial charge is 0.125 e. The van der Waals surface area contributed by atoms with Gasteiger partial charge in [0.05, 0.1) is 14.2 Å². The molecule has 4 bridgehead atoms. The summed E-state index contributed by atoms with van der Waals surface area (Å²) in [6.07, 6.45) is 6.28. The van der Waals surface area contributed by atoms with Crippen LogP contribution in [0.3, 0.4) is 0 Å². The SMILES string of the molecule is COc1c2cc(C(C)(C)C)cc1CCCc1cc(C(C)(C)C)cc(c1OC)CCC2. The number of hydrogen-bond acceptors (Lipinski definition) is 2. The van der Waals surface area contributed by atoms with Crippen LogP contribution >= 0.6 is 0 Å². The molecule has 164 valence electrons. The zero-order valence-electron chi connectivity index (χ0n) is 20.4. The Balaban J connectivity index is 2.06. The lowest BCUT2D eigenvalue weighted by molar-refractivity contribution is 0.397. The summed E-state index contributed by atoms with van der Waals surface area (Å²) in [6.45, 7) is 13.8. The standard InChI is InChI=1S/C28H40O2/c1-27(2,3)23-15-19-11-9-13-21-17-24(28(4,5)6)18-22(26(21)30-8)14-10-12-20(16-23)25(19)29-7/h15-18H,9-14H2,1-8H3. The fourth-order valence-electron chi connectivity index (χ4n) is 4.58. The zero-order valence-corrected chi connectivity index (χ0v) is 20.4. The first-order chi connectivity index (χ1) is 14.0. The minimum absolute atomic E-state index is 0.141. The third kappa shape index (κ3) is 4.85. The summed E-state index contributed by atoms with van der Waals surface area (Å²) >= 11 is 0. The van der Waals surface area contributed by atoms with Gasteiger partial charge in [-0.25, -0.2) is 0 Å². The number of fused-ring (bicyclic) bond motifs is 4. The molecule has 2 heteroatoms. The molecule has 0 unspecified atom stereocenters. The molecule has 0 aromatic heterocycles. The van der Waals surface area contributed by atoms with Crippen molar-refractivity contribution < 1.29 is 9.47 Å². The third-order valence-corrected chi connectivity index (χ3v) is 6.41. The van der Waals surface area contributed by atoms with Crippen LogP contribution in [0, 0.1) is 0 Å². The number of methoxy groups -OCH3 is 2. The van der Waals surface area contributed by atoms with Crippen molar-refractivity contribution in [2.45, 2.75) is 90.9 Å². The van der Waals surface area contributed by atoms with Crippen LogP contribution in [0.5, 0.6) is 11.5 Å². The van der Waals surface area contributed by atoms with E-state index in [1.54, 1.807) is 0 Å². The van der Waals surface area contributed by atoms with E-state index in [2.05, 4.69) is 65.8 Å². The first-order valence-corrected chi connectivity index (χ1v) is 11.4. The molecule has 0 spiro atoms. The average molecular weight is 409 g/mol. The molecule has 0 heterocycles. The molecule has 3 rings (SSSR count). The molecule has 0 radical (unpaired) electrons. The zero-order chi connectivity index (χ0) is 22.1. The van der Waals surface area contributed by atoms with Gasteiger partial charge in [0.15, 0.2) is 0 Å². The minimum Gasteiger partial charge on any atom is -0.496 e. The number of rotatable bonds is 2. The lowest BCUT2D eigenvalue weighted by Gasteiger charge is -2.26. The molecule has 30 heavy (non-hydrogen) atoms. The van der Waals surface area contributed by atoms with Gasteiger partial charge < -0.3 is 9.47 Å². The van der Waals surface area contributed by atoms with Gasteiger partial charge in [-0.15, -0.1) is 0 Å². The van der Waals surface area contributed by atoms with Gasteiger partial charge in [-0.2, -0.15) is 0 Å². The second-order valence-corrected chi connectivity index (χ2v) is 10.9. The van der Waals surface area contributed by atoms with Crippen molar-refractivity contribution in [3.8, 4) is 11.5 Å². The van der Waals surface area contributed by atoms with Gasteiger partial charge in [0, 0.05) is 0 Å². The van der Waals surface area contributed by atoms with E-state index in [1.165, 1.54) is 33.4 Å². The van der Waals surface area contributed by atoms with Crippen LogP contribution in [-0.4, -0.2) is 14.2 Å². The highest BCUT2D eigenvalue weighted by Crippen LogP contribution is 2.37. The van der Waals surface area contributed by atoms with Crippen molar-refractivity contribution in [1.29, 1.82) is 0 Å². The van der Waals surface area contributed by atoms with Crippen LogP contribution < -0.4 is 9.47 Å². The van der Waals surface area contributed by atoms with Crippen LogP contribution in [0.1, 0.15) is 87.8 Å². The monoisotopic (exact) mass is 408 g/mol. The van der Waals surface area contributed by atoms with Crippen molar-refractivity contribution >= 4 is 0 Å². The number of ether oxygens (including phenoxy) is 2. The summed E-state index contributed by atoms with van der Waals surface area (Å²) in [4.78, 5) is 0. The van der Waals surface area contributed by atoms with E-state index in [0.29, 0.717) is 0 Å². The Morgan fingerprint density at radius 1 is 0.533 bits per heavy atom. The van der Waals surface area contributed by atoms with Gasteiger partial charge in [0.2, 0.25) is 0 Å². The van der Waals surface area contributed by atoms with Crippen LogP contribution in [-0.2, 0) is 36.5 Å². The van der Waals surface area contributed by atoms with Gasteiger partial charge in [-0.1, -0.05) is 65.8 Å². The lowest BCUT2D eigenvalue weighted by atomic mass is 9.81. The number of hydrogen-bond donors (Lipinski definition) is 0. The molecule has 0 aliphatic heterocycles. The van der Waals surface area contributed by atoms with E-state index in [9.17, 15) is 0 Å². The predicted molar refractivity (Wildman–Crippen MR) is 127 cm³/mol. The summed E-state index contributed by atoms with van der Waals surface area (Å²) in [5, 5.41) is 0. The molecular weight excluding hydrogens is 368 g/mol. The first kappa shape index (κ1) is 22.7. The highest BCUT2D eigenvalue weighted by molar-refractivity contribution is 5.49. The third-order valence-electron chi connectivity index (χ3n) is 6.41.